The predicted octanol–water partition coefficient (Wildman–Crippen LogP) is 1.78. The van der Waals surface area contributed by atoms with E-state index in [0.717, 1.165) is 18.7 Å². The summed E-state index contributed by atoms with van der Waals surface area (Å²) in [6, 6.07) is 6.81. The van der Waals surface area contributed by atoms with E-state index in [-0.39, 0.29) is 0 Å². The topological polar surface area (TPSA) is 58.6 Å². The van der Waals surface area contributed by atoms with Gasteiger partial charge in [0.15, 0.2) is 0 Å². The highest BCUT2D eigenvalue weighted by atomic mass is 32.2. The number of methoxy groups -OCH3 is 1. The molecule has 0 spiro atoms. The summed E-state index contributed by atoms with van der Waals surface area (Å²) in [4.78, 5) is 0.299. The Morgan fingerprint density at radius 1 is 1.26 bits per heavy atom. The molecule has 0 unspecified atom stereocenters. The van der Waals surface area contributed by atoms with Gasteiger partial charge in [0, 0.05) is 32.9 Å². The van der Waals surface area contributed by atoms with Crippen LogP contribution in [0.1, 0.15) is 13.3 Å². The third-order valence-corrected chi connectivity index (χ3v) is 4.62. The summed E-state index contributed by atoms with van der Waals surface area (Å²) >= 11 is 0. The second kappa shape index (κ2) is 7.47. The summed E-state index contributed by atoms with van der Waals surface area (Å²) in [6.45, 7) is 3.68. The Morgan fingerprint density at radius 2 is 1.89 bits per heavy atom. The molecule has 1 aromatic carbocycles. The average Bonchev–Trinajstić information content (AvgIpc) is 2.42. The number of benzene rings is 1. The zero-order valence-corrected chi connectivity index (χ0v) is 12.5. The van der Waals surface area contributed by atoms with Crippen LogP contribution >= 0.6 is 0 Å². The number of nitrogens with one attached hydrogen (secondary N) is 1. The SMILES string of the molecule is CCCNc1ccc(S(=O)(=O)N(C)CCOC)cc1. The molecule has 6 heteroatoms. The number of ether oxygens (including phenoxy) is 1. The number of rotatable bonds is 8. The van der Waals surface area contributed by atoms with Gasteiger partial charge in [-0.25, -0.2) is 8.42 Å². The van der Waals surface area contributed by atoms with Crippen molar-refractivity contribution < 1.29 is 13.2 Å². The van der Waals surface area contributed by atoms with E-state index in [0.29, 0.717) is 18.0 Å². The highest BCUT2D eigenvalue weighted by Crippen LogP contribution is 2.17. The number of hydrogen-bond donors (Lipinski definition) is 1. The minimum absolute atomic E-state index is 0.299. The fourth-order valence-corrected chi connectivity index (χ4v) is 2.69. The predicted molar refractivity (Wildman–Crippen MR) is 76.9 cm³/mol. The molecule has 1 aromatic rings. The van der Waals surface area contributed by atoms with Crippen LogP contribution in [0.25, 0.3) is 0 Å². The summed E-state index contributed by atoms with van der Waals surface area (Å²) in [5.41, 5.74) is 0.931. The van der Waals surface area contributed by atoms with E-state index in [1.54, 1.807) is 38.4 Å². The van der Waals surface area contributed by atoms with Gasteiger partial charge < -0.3 is 10.1 Å². The Morgan fingerprint density at radius 3 is 2.42 bits per heavy atom. The van der Waals surface area contributed by atoms with Crippen molar-refractivity contribution in [2.24, 2.45) is 0 Å². The van der Waals surface area contributed by atoms with Crippen molar-refractivity contribution in [1.29, 1.82) is 0 Å². The first-order chi connectivity index (χ1) is 9.02. The van der Waals surface area contributed by atoms with E-state index in [9.17, 15) is 8.42 Å². The Hall–Kier alpha value is -1.11. The maximum absolute atomic E-state index is 12.2. The van der Waals surface area contributed by atoms with Crippen LogP contribution in [-0.2, 0) is 14.8 Å². The van der Waals surface area contributed by atoms with Crippen LogP contribution in [0.4, 0.5) is 5.69 Å². The Balaban J connectivity index is 2.78. The molecule has 1 N–H and O–H groups in total. The molecule has 0 bridgehead atoms. The lowest BCUT2D eigenvalue weighted by atomic mass is 10.3. The van der Waals surface area contributed by atoms with Gasteiger partial charge in [0.1, 0.15) is 0 Å². The molecular formula is C13H22N2O3S. The summed E-state index contributed by atoms with van der Waals surface area (Å²) < 4.78 is 30.6. The van der Waals surface area contributed by atoms with Gasteiger partial charge in [-0.3, -0.25) is 0 Å². The van der Waals surface area contributed by atoms with E-state index >= 15 is 0 Å². The lowest BCUT2D eigenvalue weighted by Gasteiger charge is -2.17. The number of hydrogen-bond acceptors (Lipinski definition) is 4. The molecule has 0 aliphatic carbocycles. The summed E-state index contributed by atoms with van der Waals surface area (Å²) in [5.74, 6) is 0. The van der Waals surface area contributed by atoms with Crippen LogP contribution in [-0.4, -0.2) is 46.6 Å². The van der Waals surface area contributed by atoms with Gasteiger partial charge in [-0.2, -0.15) is 4.31 Å². The van der Waals surface area contributed by atoms with E-state index in [4.69, 9.17) is 4.74 Å². The van der Waals surface area contributed by atoms with Crippen molar-refractivity contribution in [1.82, 2.24) is 4.31 Å². The minimum Gasteiger partial charge on any atom is -0.385 e. The normalized spacial score (nSPS) is 11.8. The van der Waals surface area contributed by atoms with Crippen molar-refractivity contribution in [3.8, 4) is 0 Å². The first kappa shape index (κ1) is 15.9. The van der Waals surface area contributed by atoms with Gasteiger partial charge >= 0.3 is 0 Å². The van der Waals surface area contributed by atoms with Crippen LogP contribution in [0.5, 0.6) is 0 Å². The Bertz CT molecular complexity index is 471. The summed E-state index contributed by atoms with van der Waals surface area (Å²) in [6.07, 6.45) is 1.03. The fourth-order valence-electron chi connectivity index (χ4n) is 1.53. The molecule has 19 heavy (non-hydrogen) atoms. The van der Waals surface area contributed by atoms with Crippen molar-refractivity contribution in [3.05, 3.63) is 24.3 Å². The Labute approximate surface area is 115 Å². The smallest absolute Gasteiger partial charge is 0.242 e. The molecule has 0 aliphatic rings. The first-order valence-electron chi connectivity index (χ1n) is 6.31. The van der Waals surface area contributed by atoms with Gasteiger partial charge in [-0.1, -0.05) is 6.92 Å². The molecule has 108 valence electrons. The van der Waals surface area contributed by atoms with Crippen molar-refractivity contribution in [3.63, 3.8) is 0 Å². The van der Waals surface area contributed by atoms with E-state index in [2.05, 4.69) is 12.2 Å². The molecular weight excluding hydrogens is 264 g/mol. The van der Waals surface area contributed by atoms with E-state index in [1.165, 1.54) is 4.31 Å². The molecule has 0 saturated carbocycles. The zero-order chi connectivity index (χ0) is 14.3. The molecule has 5 nitrogen and oxygen atoms in total. The van der Waals surface area contributed by atoms with Crippen LogP contribution in [0.3, 0.4) is 0 Å². The summed E-state index contributed by atoms with van der Waals surface area (Å²) in [7, 11) is -0.320. The highest BCUT2D eigenvalue weighted by Gasteiger charge is 2.19. The largest absolute Gasteiger partial charge is 0.385 e. The highest BCUT2D eigenvalue weighted by molar-refractivity contribution is 7.89. The quantitative estimate of drug-likeness (QED) is 0.791. The maximum atomic E-state index is 12.2. The standard InChI is InChI=1S/C13H22N2O3S/c1-4-9-14-12-5-7-13(8-6-12)19(16,17)15(2)10-11-18-3/h5-8,14H,4,9-11H2,1-3H3. The first-order valence-corrected chi connectivity index (χ1v) is 7.75. The molecule has 0 radical (unpaired) electrons. The molecule has 0 heterocycles. The lowest BCUT2D eigenvalue weighted by Crippen LogP contribution is -2.30. The van der Waals surface area contributed by atoms with Crippen LogP contribution in [0.15, 0.2) is 29.2 Å². The summed E-state index contributed by atoms with van der Waals surface area (Å²) in [5, 5.41) is 3.21. The molecule has 0 fully saturated rings. The van der Waals surface area contributed by atoms with Crippen LogP contribution in [0, 0.1) is 0 Å². The molecule has 0 saturated heterocycles. The monoisotopic (exact) mass is 286 g/mol. The lowest BCUT2D eigenvalue weighted by molar-refractivity contribution is 0.185. The molecule has 0 amide bonds. The second-order valence-corrected chi connectivity index (χ2v) is 6.32. The van der Waals surface area contributed by atoms with Gasteiger partial charge in [0.2, 0.25) is 10.0 Å². The third kappa shape index (κ3) is 4.49. The van der Waals surface area contributed by atoms with E-state index < -0.39 is 10.0 Å². The third-order valence-electron chi connectivity index (χ3n) is 2.75. The van der Waals surface area contributed by atoms with Gasteiger partial charge in [0.05, 0.1) is 11.5 Å². The number of anilines is 1. The second-order valence-electron chi connectivity index (χ2n) is 4.27. The van der Waals surface area contributed by atoms with E-state index in [1.807, 2.05) is 0 Å². The van der Waals surface area contributed by atoms with Crippen molar-refractivity contribution in [2.75, 3.05) is 39.2 Å². The molecule has 0 aliphatic heterocycles. The molecule has 0 atom stereocenters. The zero-order valence-electron chi connectivity index (χ0n) is 11.7. The average molecular weight is 286 g/mol. The van der Waals surface area contributed by atoms with Crippen LogP contribution in [0.2, 0.25) is 0 Å². The van der Waals surface area contributed by atoms with Crippen LogP contribution < -0.4 is 5.32 Å². The van der Waals surface area contributed by atoms with Crippen molar-refractivity contribution >= 4 is 15.7 Å². The number of likely N-dealkylation sites (N-methyl/N-ethyl adjacent to an activating group) is 1. The molecule has 1 rings (SSSR count). The minimum atomic E-state index is -3.42. The van der Waals surface area contributed by atoms with Crippen molar-refractivity contribution in [2.45, 2.75) is 18.2 Å². The Kier molecular flexibility index (Phi) is 6.27. The van der Waals surface area contributed by atoms with Gasteiger partial charge in [0.25, 0.3) is 0 Å². The number of nitrogens with zero attached hydrogens (tertiary/aromatic N) is 1. The maximum Gasteiger partial charge on any atom is 0.242 e. The number of sulfonamides is 1. The van der Waals surface area contributed by atoms with Gasteiger partial charge in [-0.05, 0) is 30.7 Å². The van der Waals surface area contributed by atoms with Gasteiger partial charge in [-0.15, -0.1) is 0 Å². The molecule has 0 aromatic heterocycles. The fraction of sp³-hybridized carbons (Fsp3) is 0.538.